The van der Waals surface area contributed by atoms with E-state index in [1.165, 1.54) is 148 Å². The molecule has 0 aliphatic heterocycles. The number of hydrogen-bond acceptors (Lipinski definition) is 2. The van der Waals surface area contributed by atoms with E-state index in [0.29, 0.717) is 6.04 Å². The molecule has 246 valence electrons. The summed E-state index contributed by atoms with van der Waals surface area (Å²) in [5.41, 5.74) is 0. The fourth-order valence-electron chi connectivity index (χ4n) is 6.36. The predicted molar refractivity (Wildman–Crippen MR) is 187 cm³/mol. The van der Waals surface area contributed by atoms with Gasteiger partial charge in [0.25, 0.3) is 0 Å². The average molecular weight is 578 g/mol. The van der Waals surface area contributed by atoms with Crippen LogP contribution in [0.4, 0.5) is 0 Å². The molecular weight excluding hydrogens is 498 g/mol. The first-order valence-corrected chi connectivity index (χ1v) is 19.0. The van der Waals surface area contributed by atoms with Crippen LogP contribution in [0.5, 0.6) is 0 Å². The topological polar surface area (TPSA) is 21.3 Å². The van der Waals surface area contributed by atoms with Crippen molar-refractivity contribution in [3.05, 3.63) is 12.7 Å². The van der Waals surface area contributed by atoms with Gasteiger partial charge in [0.15, 0.2) is 0 Å². The fourth-order valence-corrected chi connectivity index (χ4v) is 6.36. The lowest BCUT2D eigenvalue weighted by molar-refractivity contribution is 0.0979. The van der Waals surface area contributed by atoms with Crippen LogP contribution in [0, 0.1) is 23.7 Å². The van der Waals surface area contributed by atoms with Crippen LogP contribution < -0.4 is 5.32 Å². The fraction of sp³-hybridized carbons (Fsp3) is 0.949. The third-order valence-corrected chi connectivity index (χ3v) is 9.70. The molecular formula is C39H79NO. The number of ether oxygens (including phenoxy) is 1. The molecule has 0 heterocycles. The van der Waals surface area contributed by atoms with Crippen LogP contribution in [0.15, 0.2) is 12.7 Å². The maximum atomic E-state index is 5.65. The lowest BCUT2D eigenvalue weighted by Crippen LogP contribution is -2.29. The first kappa shape index (κ1) is 40.7. The van der Waals surface area contributed by atoms with Crippen LogP contribution in [-0.4, -0.2) is 25.8 Å². The molecule has 0 aromatic rings. The molecule has 0 bridgehead atoms. The van der Waals surface area contributed by atoms with Gasteiger partial charge in [-0.15, -0.1) is 6.58 Å². The number of rotatable bonds is 21. The Morgan fingerprint density at radius 2 is 1.24 bits per heavy atom. The highest BCUT2D eigenvalue weighted by Crippen LogP contribution is 2.36. The first-order valence-electron chi connectivity index (χ1n) is 19.0. The van der Waals surface area contributed by atoms with Gasteiger partial charge in [-0.05, 0) is 55.9 Å². The minimum Gasteiger partial charge on any atom is -0.381 e. The van der Waals surface area contributed by atoms with Crippen LogP contribution in [0.3, 0.4) is 0 Å². The second kappa shape index (κ2) is 31.1. The van der Waals surface area contributed by atoms with Gasteiger partial charge in [-0.1, -0.05) is 170 Å². The Kier molecular flexibility index (Phi) is 30.8. The molecule has 1 N–H and O–H groups in total. The van der Waals surface area contributed by atoms with E-state index in [1.54, 1.807) is 0 Å². The Labute approximate surface area is 261 Å². The summed E-state index contributed by atoms with van der Waals surface area (Å²) in [6, 6.07) is 0.520. The molecule has 0 spiro atoms. The van der Waals surface area contributed by atoms with E-state index in [2.05, 4.69) is 59.5 Å². The van der Waals surface area contributed by atoms with Gasteiger partial charge < -0.3 is 10.1 Å². The summed E-state index contributed by atoms with van der Waals surface area (Å²) in [6.45, 7) is 20.4. The molecule has 2 saturated carbocycles. The van der Waals surface area contributed by atoms with E-state index in [4.69, 9.17) is 4.74 Å². The zero-order chi connectivity index (χ0) is 30.4. The molecule has 41 heavy (non-hydrogen) atoms. The van der Waals surface area contributed by atoms with Crippen molar-refractivity contribution < 1.29 is 4.74 Å². The summed E-state index contributed by atoms with van der Waals surface area (Å²) in [7, 11) is 0. The van der Waals surface area contributed by atoms with Crippen LogP contribution >= 0.6 is 0 Å². The van der Waals surface area contributed by atoms with E-state index >= 15 is 0 Å². The summed E-state index contributed by atoms with van der Waals surface area (Å²) < 4.78 is 5.65. The minimum absolute atomic E-state index is 0.520. The maximum absolute atomic E-state index is 5.65. The third-order valence-electron chi connectivity index (χ3n) is 9.70. The molecule has 2 unspecified atom stereocenters. The van der Waals surface area contributed by atoms with E-state index in [9.17, 15) is 0 Å². The Hall–Kier alpha value is -0.340. The van der Waals surface area contributed by atoms with Gasteiger partial charge >= 0.3 is 0 Å². The van der Waals surface area contributed by atoms with Crippen LogP contribution in [0.2, 0.25) is 0 Å². The molecule has 0 saturated heterocycles. The van der Waals surface area contributed by atoms with Crippen molar-refractivity contribution in [2.75, 3.05) is 19.8 Å². The highest BCUT2D eigenvalue weighted by Gasteiger charge is 2.22. The third kappa shape index (κ3) is 25.8. The summed E-state index contributed by atoms with van der Waals surface area (Å²) in [5, 5.41) is 3.63. The second-order valence-electron chi connectivity index (χ2n) is 13.7. The number of hydrogen-bond donors (Lipinski definition) is 1. The normalized spacial score (nSPS) is 20.7. The van der Waals surface area contributed by atoms with Crippen molar-refractivity contribution in [2.45, 2.75) is 195 Å². The SMILES string of the molecule is C=CC(CC)NCCC1CCC(CCC2CCCCC2)CC1.CCCC.CCCCCCC(C)COCCCCC. The molecule has 2 fully saturated rings. The largest absolute Gasteiger partial charge is 0.381 e. The summed E-state index contributed by atoms with van der Waals surface area (Å²) >= 11 is 0. The first-order chi connectivity index (χ1) is 20.0. The summed E-state index contributed by atoms with van der Waals surface area (Å²) in [4.78, 5) is 0. The van der Waals surface area contributed by atoms with Crippen molar-refractivity contribution in [2.24, 2.45) is 23.7 Å². The average Bonchev–Trinajstić information content (AvgIpc) is 3.02. The maximum Gasteiger partial charge on any atom is 0.0491 e. The van der Waals surface area contributed by atoms with Crippen molar-refractivity contribution in [1.29, 1.82) is 0 Å². The highest BCUT2D eigenvalue weighted by molar-refractivity contribution is 4.84. The van der Waals surface area contributed by atoms with Crippen LogP contribution in [0.25, 0.3) is 0 Å². The van der Waals surface area contributed by atoms with Gasteiger partial charge in [0.05, 0.1) is 0 Å². The van der Waals surface area contributed by atoms with Gasteiger partial charge in [-0.2, -0.15) is 0 Å². The number of unbranched alkanes of at least 4 members (excludes halogenated alkanes) is 6. The van der Waals surface area contributed by atoms with Gasteiger partial charge in [-0.3, -0.25) is 0 Å². The standard InChI is InChI=1S/C21H39N.C14H30O.C4H10/c1-3-21(4-2)22-17-16-20-14-12-19(13-15-20)11-10-18-8-6-5-7-9-18;1-4-6-8-9-11-14(3)13-15-12-10-7-5-2;1-3-4-2/h3,18-22H,1,4-17H2,2H3;14H,4-13H2,1-3H3;3-4H2,1-2H3. The molecule has 0 amide bonds. The van der Waals surface area contributed by atoms with Crippen LogP contribution in [-0.2, 0) is 4.74 Å². The highest BCUT2D eigenvalue weighted by atomic mass is 16.5. The number of nitrogens with one attached hydrogen (secondary N) is 1. The van der Waals surface area contributed by atoms with Gasteiger partial charge in [0, 0.05) is 19.3 Å². The van der Waals surface area contributed by atoms with Crippen molar-refractivity contribution in [3.8, 4) is 0 Å². The monoisotopic (exact) mass is 578 g/mol. The Morgan fingerprint density at radius 1 is 0.683 bits per heavy atom. The Bertz CT molecular complexity index is 504. The van der Waals surface area contributed by atoms with E-state index in [0.717, 1.165) is 43.3 Å². The van der Waals surface area contributed by atoms with Gasteiger partial charge in [-0.25, -0.2) is 0 Å². The molecule has 2 aliphatic rings. The molecule has 2 atom stereocenters. The lowest BCUT2D eigenvalue weighted by atomic mass is 9.76. The van der Waals surface area contributed by atoms with Crippen molar-refractivity contribution in [3.63, 3.8) is 0 Å². The molecule has 0 aromatic heterocycles. The van der Waals surface area contributed by atoms with E-state index in [1.807, 2.05) is 0 Å². The zero-order valence-corrected chi connectivity index (χ0v) is 29.5. The Balaban J connectivity index is 0.000000732. The molecule has 2 nitrogen and oxygen atoms in total. The lowest BCUT2D eigenvalue weighted by Gasteiger charge is -2.30. The molecule has 2 heteroatoms. The summed E-state index contributed by atoms with van der Waals surface area (Å²) in [5.74, 6) is 3.88. The second-order valence-corrected chi connectivity index (χ2v) is 13.7. The smallest absolute Gasteiger partial charge is 0.0491 e. The molecule has 2 aliphatic carbocycles. The predicted octanol–water partition coefficient (Wildman–Crippen LogP) is 12.7. The quantitative estimate of drug-likeness (QED) is 0.108. The van der Waals surface area contributed by atoms with Crippen molar-refractivity contribution >= 4 is 0 Å². The summed E-state index contributed by atoms with van der Waals surface area (Å²) in [6.07, 6.45) is 34.6. The molecule has 2 rings (SSSR count). The minimum atomic E-state index is 0.520. The van der Waals surface area contributed by atoms with Gasteiger partial charge in [0.1, 0.15) is 0 Å². The van der Waals surface area contributed by atoms with E-state index in [-0.39, 0.29) is 0 Å². The molecule has 0 aromatic carbocycles. The molecule has 0 radical (unpaired) electrons. The zero-order valence-electron chi connectivity index (χ0n) is 29.5. The van der Waals surface area contributed by atoms with E-state index < -0.39 is 0 Å². The van der Waals surface area contributed by atoms with Crippen LogP contribution in [0.1, 0.15) is 189 Å². The van der Waals surface area contributed by atoms with Crippen molar-refractivity contribution in [1.82, 2.24) is 5.32 Å². The van der Waals surface area contributed by atoms with Gasteiger partial charge in [0.2, 0.25) is 0 Å². The Morgan fingerprint density at radius 3 is 1.78 bits per heavy atom.